The standard InChI is InChI=1S/C14H20O2S/c1-12-2-4-14(5-3-12)17-16-11-8-13-6-9-15-10-7-13/h2-5,13H,6-11H2,1H3. The van der Waals surface area contributed by atoms with E-state index in [1.165, 1.54) is 35.3 Å². The van der Waals surface area contributed by atoms with Crippen molar-refractivity contribution >= 4 is 12.0 Å². The fourth-order valence-corrected chi connectivity index (χ4v) is 2.52. The van der Waals surface area contributed by atoms with Crippen molar-refractivity contribution in [3.8, 4) is 0 Å². The molecule has 0 radical (unpaired) electrons. The van der Waals surface area contributed by atoms with Gasteiger partial charge < -0.3 is 8.92 Å². The van der Waals surface area contributed by atoms with E-state index in [0.29, 0.717) is 0 Å². The molecule has 0 unspecified atom stereocenters. The van der Waals surface area contributed by atoms with E-state index in [-0.39, 0.29) is 0 Å². The highest BCUT2D eigenvalue weighted by atomic mass is 32.2. The first kappa shape index (κ1) is 12.9. The van der Waals surface area contributed by atoms with Gasteiger partial charge in [-0.1, -0.05) is 17.7 Å². The van der Waals surface area contributed by atoms with Gasteiger partial charge in [0.25, 0.3) is 0 Å². The molecule has 2 rings (SSSR count). The number of benzene rings is 1. The highest BCUT2D eigenvalue weighted by Crippen LogP contribution is 2.22. The van der Waals surface area contributed by atoms with Crippen molar-refractivity contribution in [3.05, 3.63) is 29.8 Å². The van der Waals surface area contributed by atoms with Crippen molar-refractivity contribution in [3.63, 3.8) is 0 Å². The fourth-order valence-electron chi connectivity index (χ4n) is 1.95. The van der Waals surface area contributed by atoms with Crippen molar-refractivity contribution in [1.29, 1.82) is 0 Å². The normalized spacial score (nSPS) is 17.2. The smallest absolute Gasteiger partial charge is 0.0621 e. The molecule has 1 aliphatic rings. The van der Waals surface area contributed by atoms with Gasteiger partial charge in [-0.15, -0.1) is 0 Å². The second-order valence-corrected chi connectivity index (χ2v) is 5.44. The molecule has 0 bridgehead atoms. The molecule has 0 amide bonds. The minimum Gasteiger partial charge on any atom is -0.381 e. The van der Waals surface area contributed by atoms with E-state index in [1.54, 1.807) is 0 Å². The predicted molar refractivity (Wildman–Crippen MR) is 71.1 cm³/mol. The Bertz CT molecular complexity index is 317. The Kier molecular flexibility index (Phi) is 5.36. The molecule has 0 aliphatic carbocycles. The fraction of sp³-hybridized carbons (Fsp3) is 0.571. The third-order valence-electron chi connectivity index (χ3n) is 3.13. The van der Waals surface area contributed by atoms with E-state index in [0.717, 1.165) is 32.2 Å². The van der Waals surface area contributed by atoms with Crippen LogP contribution in [0.3, 0.4) is 0 Å². The van der Waals surface area contributed by atoms with Crippen LogP contribution in [-0.4, -0.2) is 19.8 Å². The zero-order chi connectivity index (χ0) is 11.9. The summed E-state index contributed by atoms with van der Waals surface area (Å²) in [4.78, 5) is 1.18. The molecule has 0 N–H and O–H groups in total. The number of aryl methyl sites for hydroxylation is 1. The number of ether oxygens (including phenoxy) is 1. The zero-order valence-corrected chi connectivity index (χ0v) is 11.2. The van der Waals surface area contributed by atoms with Gasteiger partial charge >= 0.3 is 0 Å². The molecule has 1 saturated heterocycles. The summed E-state index contributed by atoms with van der Waals surface area (Å²) in [7, 11) is 0. The van der Waals surface area contributed by atoms with Gasteiger partial charge in [-0.2, -0.15) is 0 Å². The minimum absolute atomic E-state index is 0.794. The topological polar surface area (TPSA) is 18.5 Å². The van der Waals surface area contributed by atoms with Gasteiger partial charge in [-0.25, -0.2) is 0 Å². The molecular weight excluding hydrogens is 232 g/mol. The lowest BCUT2D eigenvalue weighted by Gasteiger charge is -2.21. The quantitative estimate of drug-likeness (QED) is 0.586. The molecule has 0 aromatic heterocycles. The molecule has 1 fully saturated rings. The van der Waals surface area contributed by atoms with Gasteiger partial charge in [0.1, 0.15) is 0 Å². The molecule has 0 saturated carbocycles. The Balaban J connectivity index is 1.60. The van der Waals surface area contributed by atoms with Crippen LogP contribution < -0.4 is 0 Å². The molecular formula is C14H20O2S. The lowest BCUT2D eigenvalue weighted by Crippen LogP contribution is -2.16. The van der Waals surface area contributed by atoms with Crippen LogP contribution in [0.5, 0.6) is 0 Å². The van der Waals surface area contributed by atoms with Crippen molar-refractivity contribution in [2.75, 3.05) is 19.8 Å². The Morgan fingerprint density at radius 3 is 2.65 bits per heavy atom. The first-order valence-corrected chi connectivity index (χ1v) is 7.02. The van der Waals surface area contributed by atoms with E-state index in [9.17, 15) is 0 Å². The minimum atomic E-state index is 0.794. The van der Waals surface area contributed by atoms with Gasteiger partial charge in [0, 0.05) is 30.2 Å². The third-order valence-corrected chi connectivity index (χ3v) is 3.88. The number of hydrogen-bond acceptors (Lipinski definition) is 3. The van der Waals surface area contributed by atoms with E-state index in [4.69, 9.17) is 8.92 Å². The van der Waals surface area contributed by atoms with E-state index in [1.807, 2.05) is 0 Å². The van der Waals surface area contributed by atoms with E-state index < -0.39 is 0 Å². The van der Waals surface area contributed by atoms with Crippen LogP contribution in [-0.2, 0) is 8.92 Å². The van der Waals surface area contributed by atoms with Crippen LogP contribution in [0.2, 0.25) is 0 Å². The van der Waals surface area contributed by atoms with Crippen LogP contribution in [0.1, 0.15) is 24.8 Å². The molecule has 1 heterocycles. The maximum atomic E-state index is 5.64. The summed E-state index contributed by atoms with van der Waals surface area (Å²) in [5.41, 5.74) is 1.29. The van der Waals surface area contributed by atoms with Crippen molar-refractivity contribution in [2.24, 2.45) is 5.92 Å². The maximum absolute atomic E-state index is 5.64. The lowest BCUT2D eigenvalue weighted by atomic mass is 9.97. The molecule has 94 valence electrons. The van der Waals surface area contributed by atoms with E-state index in [2.05, 4.69) is 31.2 Å². The van der Waals surface area contributed by atoms with Crippen LogP contribution in [0.25, 0.3) is 0 Å². The molecule has 0 spiro atoms. The largest absolute Gasteiger partial charge is 0.381 e. The van der Waals surface area contributed by atoms with Gasteiger partial charge in [-0.3, -0.25) is 0 Å². The SMILES string of the molecule is Cc1ccc(SOCCC2CCOCC2)cc1. The van der Waals surface area contributed by atoms with Crippen molar-refractivity contribution in [1.82, 2.24) is 0 Å². The molecule has 17 heavy (non-hydrogen) atoms. The summed E-state index contributed by atoms with van der Waals surface area (Å²) < 4.78 is 11.0. The monoisotopic (exact) mass is 252 g/mol. The number of rotatable bonds is 5. The summed E-state index contributed by atoms with van der Waals surface area (Å²) in [5.74, 6) is 0.794. The molecule has 0 atom stereocenters. The molecule has 3 heteroatoms. The molecule has 1 aromatic carbocycles. The average molecular weight is 252 g/mol. The lowest BCUT2D eigenvalue weighted by molar-refractivity contribution is 0.0602. The highest BCUT2D eigenvalue weighted by molar-refractivity contribution is 7.94. The van der Waals surface area contributed by atoms with Gasteiger partial charge in [-0.05, 0) is 44.2 Å². The zero-order valence-electron chi connectivity index (χ0n) is 10.4. The molecule has 2 nitrogen and oxygen atoms in total. The Morgan fingerprint density at radius 1 is 1.24 bits per heavy atom. The Labute approximate surface area is 108 Å². The Morgan fingerprint density at radius 2 is 1.94 bits per heavy atom. The summed E-state index contributed by atoms with van der Waals surface area (Å²) in [5, 5.41) is 0. The molecule has 1 aromatic rings. The average Bonchev–Trinajstić information content (AvgIpc) is 2.38. The summed E-state index contributed by atoms with van der Waals surface area (Å²) >= 11 is 1.49. The van der Waals surface area contributed by atoms with E-state index >= 15 is 0 Å². The Hall–Kier alpha value is -0.510. The van der Waals surface area contributed by atoms with Crippen LogP contribution in [0.15, 0.2) is 29.2 Å². The summed E-state index contributed by atoms with van der Waals surface area (Å²) in [6, 6.07) is 8.44. The van der Waals surface area contributed by atoms with Crippen LogP contribution in [0, 0.1) is 12.8 Å². The first-order chi connectivity index (χ1) is 8.34. The van der Waals surface area contributed by atoms with Gasteiger partial charge in [0.15, 0.2) is 0 Å². The second kappa shape index (κ2) is 7.04. The van der Waals surface area contributed by atoms with Gasteiger partial charge in [0.05, 0.1) is 6.61 Å². The summed E-state index contributed by atoms with van der Waals surface area (Å²) in [6.45, 7) is 4.79. The van der Waals surface area contributed by atoms with Crippen molar-refractivity contribution in [2.45, 2.75) is 31.1 Å². The second-order valence-electron chi connectivity index (χ2n) is 4.56. The van der Waals surface area contributed by atoms with Crippen molar-refractivity contribution < 1.29 is 8.92 Å². The predicted octanol–water partition coefficient (Wildman–Crippen LogP) is 3.84. The molecule has 1 aliphatic heterocycles. The summed E-state index contributed by atoms with van der Waals surface area (Å²) in [6.07, 6.45) is 3.54. The van der Waals surface area contributed by atoms with Gasteiger partial charge in [0.2, 0.25) is 0 Å². The maximum Gasteiger partial charge on any atom is 0.0621 e. The first-order valence-electron chi connectivity index (χ1n) is 6.28. The highest BCUT2D eigenvalue weighted by Gasteiger charge is 2.13. The number of hydrogen-bond donors (Lipinski definition) is 0. The van der Waals surface area contributed by atoms with Crippen LogP contribution >= 0.6 is 12.0 Å². The van der Waals surface area contributed by atoms with Crippen LogP contribution in [0.4, 0.5) is 0 Å². The third kappa shape index (κ3) is 4.70.